The number of rotatable bonds is 3. The zero-order valence-corrected chi connectivity index (χ0v) is 12.9. The van der Waals surface area contributed by atoms with Crippen LogP contribution in [-0.2, 0) is 9.59 Å². The molecular formula is C15H17BrN2O2. The number of hydrogen-bond donors (Lipinski definition) is 1. The molecule has 1 aromatic rings. The third-order valence-corrected chi connectivity index (χ3v) is 4.83. The van der Waals surface area contributed by atoms with Crippen LogP contribution in [0.4, 0.5) is 5.69 Å². The van der Waals surface area contributed by atoms with Gasteiger partial charge in [-0.15, -0.1) is 0 Å². The van der Waals surface area contributed by atoms with Crippen LogP contribution in [0.3, 0.4) is 0 Å². The third kappa shape index (κ3) is 2.73. The smallest absolute Gasteiger partial charge is 0.229 e. The van der Waals surface area contributed by atoms with Crippen LogP contribution in [0.25, 0.3) is 0 Å². The van der Waals surface area contributed by atoms with Gasteiger partial charge in [-0.3, -0.25) is 9.59 Å². The van der Waals surface area contributed by atoms with Gasteiger partial charge in [-0.2, -0.15) is 0 Å². The van der Waals surface area contributed by atoms with Crippen LogP contribution in [0.15, 0.2) is 22.7 Å². The van der Waals surface area contributed by atoms with Crippen molar-refractivity contribution in [3.63, 3.8) is 0 Å². The maximum atomic E-state index is 12.2. The van der Waals surface area contributed by atoms with Crippen molar-refractivity contribution in [3.8, 4) is 0 Å². The summed E-state index contributed by atoms with van der Waals surface area (Å²) in [5, 5.41) is 2.91. The van der Waals surface area contributed by atoms with Crippen LogP contribution in [0.5, 0.6) is 0 Å². The van der Waals surface area contributed by atoms with Gasteiger partial charge in [0.05, 0.1) is 5.92 Å². The fourth-order valence-electron chi connectivity index (χ4n) is 2.61. The van der Waals surface area contributed by atoms with Crippen molar-refractivity contribution in [1.29, 1.82) is 0 Å². The highest BCUT2D eigenvalue weighted by atomic mass is 79.9. The van der Waals surface area contributed by atoms with Crippen LogP contribution in [0.1, 0.15) is 24.8 Å². The van der Waals surface area contributed by atoms with Crippen molar-refractivity contribution >= 4 is 33.4 Å². The largest absolute Gasteiger partial charge is 0.339 e. The number of hydrogen-bond acceptors (Lipinski definition) is 2. The predicted molar refractivity (Wildman–Crippen MR) is 80.4 cm³/mol. The molecule has 2 amide bonds. The maximum absolute atomic E-state index is 12.2. The van der Waals surface area contributed by atoms with Crippen molar-refractivity contribution in [2.45, 2.75) is 32.2 Å². The summed E-state index contributed by atoms with van der Waals surface area (Å²) in [7, 11) is 0. The van der Waals surface area contributed by atoms with Gasteiger partial charge in [-0.1, -0.05) is 15.9 Å². The molecule has 1 aliphatic heterocycles. The molecule has 1 saturated carbocycles. The van der Waals surface area contributed by atoms with Crippen LogP contribution >= 0.6 is 15.9 Å². The number of carbonyl (C=O) groups excluding carboxylic acids is 2. The van der Waals surface area contributed by atoms with Crippen molar-refractivity contribution in [3.05, 3.63) is 28.2 Å². The van der Waals surface area contributed by atoms with E-state index >= 15 is 0 Å². The summed E-state index contributed by atoms with van der Waals surface area (Å²) >= 11 is 3.44. The molecule has 5 heteroatoms. The molecule has 1 N–H and O–H groups in total. The Morgan fingerprint density at radius 3 is 2.80 bits per heavy atom. The molecule has 2 aliphatic rings. The molecule has 0 spiro atoms. The molecule has 1 atom stereocenters. The van der Waals surface area contributed by atoms with Gasteiger partial charge in [0, 0.05) is 29.2 Å². The van der Waals surface area contributed by atoms with E-state index in [9.17, 15) is 9.59 Å². The van der Waals surface area contributed by atoms with E-state index < -0.39 is 0 Å². The number of carbonyl (C=O) groups is 2. The van der Waals surface area contributed by atoms with Crippen molar-refractivity contribution in [2.24, 2.45) is 5.92 Å². The number of benzene rings is 1. The molecule has 1 aliphatic carbocycles. The average Bonchev–Trinajstić information content (AvgIpc) is 3.17. The van der Waals surface area contributed by atoms with E-state index in [1.165, 1.54) is 0 Å². The van der Waals surface area contributed by atoms with E-state index in [-0.39, 0.29) is 17.7 Å². The first kappa shape index (κ1) is 13.6. The van der Waals surface area contributed by atoms with Gasteiger partial charge in [-0.05, 0) is 43.5 Å². The standard InChI is InChI=1S/C15H17BrN2O2/c1-9-6-11(2-5-13(9)16)17-15(20)10-7-14(19)18(8-10)12-3-4-12/h2,5-6,10,12H,3-4,7-8H2,1H3,(H,17,20). The quantitative estimate of drug-likeness (QED) is 0.922. The Balaban J connectivity index is 1.64. The van der Waals surface area contributed by atoms with E-state index in [1.807, 2.05) is 30.0 Å². The lowest BCUT2D eigenvalue weighted by Crippen LogP contribution is -2.29. The summed E-state index contributed by atoms with van der Waals surface area (Å²) in [5.41, 5.74) is 1.86. The number of halogens is 1. The van der Waals surface area contributed by atoms with E-state index in [1.54, 1.807) is 0 Å². The van der Waals surface area contributed by atoms with Gasteiger partial charge in [0.15, 0.2) is 0 Å². The molecule has 2 fully saturated rings. The number of nitrogens with zero attached hydrogens (tertiary/aromatic N) is 1. The normalized spacial score (nSPS) is 22.2. The van der Waals surface area contributed by atoms with E-state index in [4.69, 9.17) is 0 Å². The molecule has 0 aromatic heterocycles. The molecule has 106 valence electrons. The number of aryl methyl sites for hydroxylation is 1. The fraction of sp³-hybridized carbons (Fsp3) is 0.467. The fourth-order valence-corrected chi connectivity index (χ4v) is 2.86. The van der Waals surface area contributed by atoms with Gasteiger partial charge < -0.3 is 10.2 Å². The summed E-state index contributed by atoms with van der Waals surface area (Å²) in [5.74, 6) is -0.144. The Morgan fingerprint density at radius 1 is 1.40 bits per heavy atom. The Kier molecular flexibility index (Phi) is 3.54. The lowest BCUT2D eigenvalue weighted by molar-refractivity contribution is -0.128. The second-order valence-electron chi connectivity index (χ2n) is 5.63. The molecular weight excluding hydrogens is 320 g/mol. The second-order valence-corrected chi connectivity index (χ2v) is 6.49. The van der Waals surface area contributed by atoms with E-state index in [0.29, 0.717) is 19.0 Å². The molecule has 0 radical (unpaired) electrons. The summed E-state index contributed by atoms with van der Waals surface area (Å²) in [6.07, 6.45) is 2.52. The summed E-state index contributed by atoms with van der Waals surface area (Å²) in [6.45, 7) is 2.55. The zero-order valence-electron chi connectivity index (χ0n) is 11.4. The third-order valence-electron chi connectivity index (χ3n) is 3.94. The monoisotopic (exact) mass is 336 g/mol. The first-order chi connectivity index (χ1) is 9.54. The maximum Gasteiger partial charge on any atom is 0.229 e. The highest BCUT2D eigenvalue weighted by Gasteiger charge is 2.41. The molecule has 4 nitrogen and oxygen atoms in total. The Labute approximate surface area is 126 Å². The van der Waals surface area contributed by atoms with Gasteiger partial charge in [0.25, 0.3) is 0 Å². The predicted octanol–water partition coefficient (Wildman–Crippen LogP) is 2.71. The number of amides is 2. The van der Waals surface area contributed by atoms with Gasteiger partial charge in [0.2, 0.25) is 11.8 Å². The number of likely N-dealkylation sites (tertiary alicyclic amines) is 1. The molecule has 0 bridgehead atoms. The highest BCUT2D eigenvalue weighted by molar-refractivity contribution is 9.10. The van der Waals surface area contributed by atoms with Crippen LogP contribution in [-0.4, -0.2) is 29.3 Å². The first-order valence-corrected chi connectivity index (χ1v) is 7.70. The summed E-state index contributed by atoms with van der Waals surface area (Å²) < 4.78 is 1.02. The highest BCUT2D eigenvalue weighted by Crippen LogP contribution is 2.33. The van der Waals surface area contributed by atoms with Crippen LogP contribution < -0.4 is 5.32 Å². The minimum Gasteiger partial charge on any atom is -0.339 e. The van der Waals surface area contributed by atoms with Gasteiger partial charge >= 0.3 is 0 Å². The number of nitrogens with one attached hydrogen (secondary N) is 1. The average molecular weight is 337 g/mol. The Bertz CT molecular complexity index is 569. The van der Waals surface area contributed by atoms with E-state index in [0.717, 1.165) is 28.6 Å². The second kappa shape index (κ2) is 5.20. The van der Waals surface area contributed by atoms with E-state index in [2.05, 4.69) is 21.2 Å². The molecule has 1 saturated heterocycles. The molecule has 1 aromatic carbocycles. The number of anilines is 1. The molecule has 20 heavy (non-hydrogen) atoms. The van der Waals surface area contributed by atoms with Gasteiger partial charge in [-0.25, -0.2) is 0 Å². The van der Waals surface area contributed by atoms with Crippen LogP contribution in [0.2, 0.25) is 0 Å². The van der Waals surface area contributed by atoms with Crippen LogP contribution in [0, 0.1) is 12.8 Å². The topological polar surface area (TPSA) is 49.4 Å². The minimum absolute atomic E-state index is 0.0526. The van der Waals surface area contributed by atoms with Crippen molar-refractivity contribution in [1.82, 2.24) is 4.90 Å². The van der Waals surface area contributed by atoms with Crippen molar-refractivity contribution < 1.29 is 9.59 Å². The Morgan fingerprint density at radius 2 is 2.15 bits per heavy atom. The molecule has 1 heterocycles. The Hall–Kier alpha value is -1.36. The lowest BCUT2D eigenvalue weighted by atomic mass is 10.1. The first-order valence-electron chi connectivity index (χ1n) is 6.91. The summed E-state index contributed by atoms with van der Waals surface area (Å²) in [4.78, 5) is 26.0. The molecule has 1 unspecified atom stereocenters. The lowest BCUT2D eigenvalue weighted by Gasteiger charge is -2.15. The zero-order chi connectivity index (χ0) is 14.3. The SMILES string of the molecule is Cc1cc(NC(=O)C2CC(=O)N(C3CC3)C2)ccc1Br. The minimum atomic E-state index is -0.216. The van der Waals surface area contributed by atoms with Crippen molar-refractivity contribution in [2.75, 3.05) is 11.9 Å². The molecule has 3 rings (SSSR count). The summed E-state index contributed by atoms with van der Waals surface area (Å²) in [6, 6.07) is 6.11. The van der Waals surface area contributed by atoms with Gasteiger partial charge in [0.1, 0.15) is 0 Å².